The highest BCUT2D eigenvalue weighted by atomic mass is 32.2. The van der Waals surface area contributed by atoms with E-state index in [1.165, 1.54) is 0 Å². The maximum Gasteiger partial charge on any atom is 0.196 e. The second-order valence-corrected chi connectivity index (χ2v) is 7.07. The van der Waals surface area contributed by atoms with E-state index in [2.05, 4.69) is 38.1 Å². The second-order valence-electron chi connectivity index (χ2n) is 5.18. The van der Waals surface area contributed by atoms with Crippen molar-refractivity contribution in [3.05, 3.63) is 65.4 Å². The van der Waals surface area contributed by atoms with Gasteiger partial charge in [0.2, 0.25) is 0 Å². The molecule has 3 aromatic heterocycles. The van der Waals surface area contributed by atoms with Gasteiger partial charge in [0.25, 0.3) is 0 Å². The van der Waals surface area contributed by atoms with Crippen molar-refractivity contribution in [2.45, 2.75) is 17.8 Å². The number of hydrogen-bond donors (Lipinski definition) is 0. The second kappa shape index (κ2) is 6.62. The first-order chi connectivity index (χ1) is 11.8. The zero-order chi connectivity index (χ0) is 16.4. The van der Waals surface area contributed by atoms with Crippen molar-refractivity contribution in [2.24, 2.45) is 0 Å². The van der Waals surface area contributed by atoms with Gasteiger partial charge in [0.15, 0.2) is 11.0 Å². The lowest BCUT2D eigenvalue weighted by atomic mass is 10.3. The molecule has 5 nitrogen and oxygen atoms in total. The monoisotopic (exact) mass is 354 g/mol. The van der Waals surface area contributed by atoms with E-state index in [1.54, 1.807) is 23.1 Å². The molecule has 0 fully saturated rings. The van der Waals surface area contributed by atoms with E-state index < -0.39 is 0 Å². The Kier molecular flexibility index (Phi) is 4.18. The van der Waals surface area contributed by atoms with E-state index in [1.807, 2.05) is 42.6 Å². The molecule has 0 spiro atoms. The summed E-state index contributed by atoms with van der Waals surface area (Å²) >= 11 is 3.24. The first-order valence-electron chi connectivity index (χ1n) is 7.41. The Labute approximate surface area is 147 Å². The molecule has 0 unspecified atom stereocenters. The molecule has 7 heteroatoms. The van der Waals surface area contributed by atoms with Crippen LogP contribution in [0.15, 0.2) is 63.6 Å². The van der Waals surface area contributed by atoms with Gasteiger partial charge >= 0.3 is 0 Å². The molecule has 120 valence electrons. The first-order valence-corrected chi connectivity index (χ1v) is 9.27. The molecule has 0 bridgehead atoms. The number of thiophene rings is 1. The number of hydrogen-bond acceptors (Lipinski definition) is 6. The predicted molar refractivity (Wildman–Crippen MR) is 95.5 cm³/mol. The summed E-state index contributed by atoms with van der Waals surface area (Å²) in [5.41, 5.74) is 1.93. The number of thioether (sulfide) groups is 1. The Balaban J connectivity index is 1.71. The fourth-order valence-electron chi connectivity index (χ4n) is 2.36. The van der Waals surface area contributed by atoms with Gasteiger partial charge in [-0.2, -0.15) is 0 Å². The highest BCUT2D eigenvalue weighted by Gasteiger charge is 2.17. The molecule has 0 aliphatic heterocycles. The summed E-state index contributed by atoms with van der Waals surface area (Å²) in [5, 5.41) is 15.6. The van der Waals surface area contributed by atoms with Gasteiger partial charge in [-0.05, 0) is 30.5 Å². The molecule has 4 aromatic rings. The van der Waals surface area contributed by atoms with Crippen LogP contribution in [0.25, 0.3) is 16.4 Å². The van der Waals surface area contributed by atoms with Crippen LogP contribution < -0.4 is 0 Å². The zero-order valence-corrected chi connectivity index (χ0v) is 14.5. The SMILES string of the molecule is Cc1cc(CSc2nnc(-c3cccs3)n2-c2ccccc2)on1. The summed E-state index contributed by atoms with van der Waals surface area (Å²) in [4.78, 5) is 1.09. The minimum atomic E-state index is 0.663. The summed E-state index contributed by atoms with van der Waals surface area (Å²) in [6, 6.07) is 16.2. The van der Waals surface area contributed by atoms with Crippen LogP contribution in [-0.4, -0.2) is 19.9 Å². The average Bonchev–Trinajstić information content (AvgIpc) is 3.34. The lowest BCUT2D eigenvalue weighted by molar-refractivity contribution is 0.391. The Bertz CT molecular complexity index is 929. The molecule has 0 N–H and O–H groups in total. The third-order valence-electron chi connectivity index (χ3n) is 3.41. The van der Waals surface area contributed by atoms with Crippen molar-refractivity contribution in [1.82, 2.24) is 19.9 Å². The molecule has 24 heavy (non-hydrogen) atoms. The predicted octanol–water partition coefficient (Wildman–Crippen LogP) is 4.58. The first kappa shape index (κ1) is 15.2. The number of para-hydroxylation sites is 1. The Morgan fingerprint density at radius 3 is 2.71 bits per heavy atom. The van der Waals surface area contributed by atoms with Crippen molar-refractivity contribution in [2.75, 3.05) is 0 Å². The van der Waals surface area contributed by atoms with E-state index in [9.17, 15) is 0 Å². The van der Waals surface area contributed by atoms with E-state index in [0.29, 0.717) is 5.75 Å². The van der Waals surface area contributed by atoms with Crippen molar-refractivity contribution < 1.29 is 4.52 Å². The Morgan fingerprint density at radius 2 is 2.00 bits per heavy atom. The number of nitrogens with zero attached hydrogens (tertiary/aromatic N) is 4. The van der Waals surface area contributed by atoms with Crippen molar-refractivity contribution in [3.8, 4) is 16.4 Å². The summed E-state index contributed by atoms with van der Waals surface area (Å²) in [6.45, 7) is 1.92. The number of aryl methyl sites for hydroxylation is 1. The molecule has 4 rings (SSSR count). The van der Waals surface area contributed by atoms with Crippen LogP contribution in [-0.2, 0) is 5.75 Å². The van der Waals surface area contributed by atoms with Crippen LogP contribution in [0.3, 0.4) is 0 Å². The number of rotatable bonds is 5. The van der Waals surface area contributed by atoms with E-state index >= 15 is 0 Å². The van der Waals surface area contributed by atoms with E-state index in [4.69, 9.17) is 4.52 Å². The quantitative estimate of drug-likeness (QED) is 0.491. The summed E-state index contributed by atoms with van der Waals surface area (Å²) in [7, 11) is 0. The lowest BCUT2D eigenvalue weighted by Gasteiger charge is -2.08. The van der Waals surface area contributed by atoms with Crippen molar-refractivity contribution in [3.63, 3.8) is 0 Å². The maximum absolute atomic E-state index is 5.28. The van der Waals surface area contributed by atoms with Gasteiger partial charge in [-0.3, -0.25) is 4.57 Å². The highest BCUT2D eigenvalue weighted by molar-refractivity contribution is 7.98. The molecule has 0 atom stereocenters. The van der Waals surface area contributed by atoms with Crippen LogP contribution in [0.2, 0.25) is 0 Å². The number of aromatic nitrogens is 4. The van der Waals surface area contributed by atoms with Gasteiger partial charge in [-0.25, -0.2) is 0 Å². The normalized spacial score (nSPS) is 11.0. The molecule has 0 amide bonds. The molecular formula is C17H14N4OS2. The molecule has 0 aliphatic carbocycles. The van der Waals surface area contributed by atoms with Gasteiger partial charge in [0.05, 0.1) is 16.3 Å². The van der Waals surface area contributed by atoms with Gasteiger partial charge in [0, 0.05) is 11.8 Å². The smallest absolute Gasteiger partial charge is 0.196 e. The Morgan fingerprint density at radius 1 is 1.12 bits per heavy atom. The topological polar surface area (TPSA) is 56.7 Å². The third-order valence-corrected chi connectivity index (χ3v) is 5.23. The average molecular weight is 354 g/mol. The number of benzene rings is 1. The lowest BCUT2D eigenvalue weighted by Crippen LogP contribution is -1.98. The van der Waals surface area contributed by atoms with Gasteiger partial charge < -0.3 is 4.52 Å². The molecule has 3 heterocycles. The van der Waals surface area contributed by atoms with Crippen LogP contribution in [0.5, 0.6) is 0 Å². The van der Waals surface area contributed by atoms with Gasteiger partial charge in [-0.15, -0.1) is 21.5 Å². The van der Waals surface area contributed by atoms with Gasteiger partial charge in [0.1, 0.15) is 5.76 Å². The standard InChI is InChI=1S/C17H14N4OS2/c1-12-10-14(22-20-12)11-24-17-19-18-16(15-8-5-9-23-15)21(17)13-6-3-2-4-7-13/h2-10H,11H2,1H3. The fraction of sp³-hybridized carbons (Fsp3) is 0.118. The van der Waals surface area contributed by atoms with Crippen LogP contribution >= 0.6 is 23.1 Å². The van der Waals surface area contributed by atoms with Crippen molar-refractivity contribution in [1.29, 1.82) is 0 Å². The molecule has 0 saturated heterocycles. The largest absolute Gasteiger partial charge is 0.360 e. The molecule has 0 radical (unpaired) electrons. The van der Waals surface area contributed by atoms with E-state index in [0.717, 1.165) is 33.0 Å². The minimum Gasteiger partial charge on any atom is -0.360 e. The van der Waals surface area contributed by atoms with Crippen molar-refractivity contribution >= 4 is 23.1 Å². The van der Waals surface area contributed by atoms with E-state index in [-0.39, 0.29) is 0 Å². The summed E-state index contributed by atoms with van der Waals surface area (Å²) in [5.74, 6) is 2.35. The zero-order valence-electron chi connectivity index (χ0n) is 12.9. The van der Waals surface area contributed by atoms with Crippen LogP contribution in [0, 0.1) is 6.92 Å². The summed E-state index contributed by atoms with van der Waals surface area (Å²) < 4.78 is 7.37. The highest BCUT2D eigenvalue weighted by Crippen LogP contribution is 2.31. The molecule has 0 saturated carbocycles. The molecule has 1 aromatic carbocycles. The Hall–Kier alpha value is -2.38. The van der Waals surface area contributed by atoms with Gasteiger partial charge in [-0.1, -0.05) is 41.2 Å². The van der Waals surface area contributed by atoms with Crippen LogP contribution in [0.4, 0.5) is 0 Å². The molecule has 0 aliphatic rings. The third kappa shape index (κ3) is 3.00. The molecular weight excluding hydrogens is 340 g/mol. The fourth-order valence-corrected chi connectivity index (χ4v) is 3.88. The summed E-state index contributed by atoms with van der Waals surface area (Å²) in [6.07, 6.45) is 0. The van der Waals surface area contributed by atoms with Crippen LogP contribution in [0.1, 0.15) is 11.5 Å². The minimum absolute atomic E-state index is 0.663. The maximum atomic E-state index is 5.28.